The number of nitrogens with one attached hydrogen (secondary N) is 1. The molecule has 3 rings (SSSR count). The number of nitrogens with zero attached hydrogens (tertiary/aromatic N) is 2. The fraction of sp³-hybridized carbons (Fsp3) is 0.478. The van der Waals surface area contributed by atoms with E-state index in [1.54, 1.807) is 31.1 Å². The van der Waals surface area contributed by atoms with E-state index in [1.165, 1.54) is 31.5 Å². The standard InChI is InChI=1S/C23H30FN3O5S/c1-15(16-5-9-18(24)10-6-16)26-22(28)17-7-11-19(12-8-17)32-33(29,30)20-13-21(27(2)3)23(31-4)25-14-20/h5-6,9-10,13-15,17,19H,7-8,11-12H2,1-4H3,(H,26,28)/t15-,17?,19?/m1/s1. The first-order chi connectivity index (χ1) is 15.6. The molecule has 1 atom stereocenters. The number of rotatable bonds is 8. The van der Waals surface area contributed by atoms with Crippen molar-refractivity contribution in [2.24, 2.45) is 5.92 Å². The zero-order valence-electron chi connectivity index (χ0n) is 19.2. The Hall–Kier alpha value is -2.72. The highest BCUT2D eigenvalue weighted by molar-refractivity contribution is 7.86. The van der Waals surface area contributed by atoms with Gasteiger partial charge in [-0.15, -0.1) is 0 Å². The summed E-state index contributed by atoms with van der Waals surface area (Å²) in [6, 6.07) is 7.23. The number of ether oxygens (including phenoxy) is 1. The molecule has 2 aromatic rings. The number of anilines is 1. The number of hydrogen-bond acceptors (Lipinski definition) is 7. The van der Waals surface area contributed by atoms with Gasteiger partial charge in [-0.2, -0.15) is 8.42 Å². The summed E-state index contributed by atoms with van der Waals surface area (Å²) in [5.41, 5.74) is 1.34. The van der Waals surface area contributed by atoms with Gasteiger partial charge in [-0.05, 0) is 56.4 Å². The van der Waals surface area contributed by atoms with Gasteiger partial charge < -0.3 is 15.0 Å². The molecule has 1 N–H and O–H groups in total. The predicted octanol–water partition coefficient (Wildman–Crippen LogP) is 3.44. The average molecular weight is 480 g/mol. The maximum Gasteiger partial charge on any atom is 0.298 e. The number of carbonyl (C=O) groups is 1. The van der Waals surface area contributed by atoms with Gasteiger partial charge in [-0.1, -0.05) is 12.1 Å². The number of pyridine rings is 1. The van der Waals surface area contributed by atoms with Crippen LogP contribution >= 0.6 is 0 Å². The van der Waals surface area contributed by atoms with Gasteiger partial charge in [-0.3, -0.25) is 8.98 Å². The van der Waals surface area contributed by atoms with E-state index < -0.39 is 16.2 Å². The SMILES string of the molecule is COc1ncc(S(=O)(=O)OC2CCC(C(=O)N[C@H](C)c3ccc(F)cc3)CC2)cc1N(C)C. The first-order valence-electron chi connectivity index (χ1n) is 10.8. The maximum atomic E-state index is 13.1. The van der Waals surface area contributed by atoms with Crippen molar-refractivity contribution in [3.05, 3.63) is 47.9 Å². The van der Waals surface area contributed by atoms with E-state index in [1.807, 2.05) is 6.92 Å². The summed E-state index contributed by atoms with van der Waals surface area (Å²) in [5, 5.41) is 2.96. The van der Waals surface area contributed by atoms with Crippen LogP contribution in [0.5, 0.6) is 5.88 Å². The van der Waals surface area contributed by atoms with Crippen molar-refractivity contribution in [2.45, 2.75) is 49.6 Å². The molecule has 8 nitrogen and oxygen atoms in total. The minimum atomic E-state index is -4.01. The largest absolute Gasteiger partial charge is 0.480 e. The van der Waals surface area contributed by atoms with Crippen LogP contribution in [0.15, 0.2) is 41.4 Å². The summed E-state index contributed by atoms with van der Waals surface area (Å²) in [7, 11) is 0.982. The van der Waals surface area contributed by atoms with Gasteiger partial charge in [0.25, 0.3) is 10.1 Å². The third-order valence-electron chi connectivity index (χ3n) is 5.81. The lowest BCUT2D eigenvalue weighted by Crippen LogP contribution is -2.36. The molecule has 0 saturated heterocycles. The van der Waals surface area contributed by atoms with Crippen LogP contribution < -0.4 is 15.0 Å². The summed E-state index contributed by atoms with van der Waals surface area (Å²) in [6.45, 7) is 1.84. The number of halogens is 1. The Balaban J connectivity index is 1.56. The molecule has 0 spiro atoms. The molecule has 1 heterocycles. The molecule has 1 saturated carbocycles. The lowest BCUT2D eigenvalue weighted by Gasteiger charge is -2.28. The molecule has 1 fully saturated rings. The van der Waals surface area contributed by atoms with Crippen molar-refractivity contribution in [1.29, 1.82) is 0 Å². The van der Waals surface area contributed by atoms with Crippen LogP contribution in [0.3, 0.4) is 0 Å². The van der Waals surface area contributed by atoms with Crippen LogP contribution in [0.1, 0.15) is 44.2 Å². The predicted molar refractivity (Wildman–Crippen MR) is 122 cm³/mol. The molecule has 0 aliphatic heterocycles. The van der Waals surface area contributed by atoms with E-state index >= 15 is 0 Å². The van der Waals surface area contributed by atoms with E-state index in [0.717, 1.165) is 5.56 Å². The lowest BCUT2D eigenvalue weighted by molar-refractivity contribution is -0.127. The van der Waals surface area contributed by atoms with E-state index in [9.17, 15) is 17.6 Å². The summed E-state index contributed by atoms with van der Waals surface area (Å²) >= 11 is 0. The Morgan fingerprint density at radius 3 is 2.39 bits per heavy atom. The minimum Gasteiger partial charge on any atom is -0.480 e. The summed E-state index contributed by atoms with van der Waals surface area (Å²) < 4.78 is 49.3. The molecule has 0 bridgehead atoms. The third-order valence-corrected chi connectivity index (χ3v) is 7.13. The number of amides is 1. The van der Waals surface area contributed by atoms with Crippen LogP contribution in [0, 0.1) is 11.7 Å². The Morgan fingerprint density at radius 1 is 1.18 bits per heavy atom. The second kappa shape index (κ2) is 10.5. The lowest BCUT2D eigenvalue weighted by atomic mass is 9.86. The fourth-order valence-corrected chi connectivity index (χ4v) is 4.96. The zero-order chi connectivity index (χ0) is 24.2. The average Bonchev–Trinajstić information content (AvgIpc) is 2.79. The highest BCUT2D eigenvalue weighted by Crippen LogP contribution is 2.32. The minimum absolute atomic E-state index is 0.0417. The van der Waals surface area contributed by atoms with Crippen LogP contribution in [0.4, 0.5) is 10.1 Å². The van der Waals surface area contributed by atoms with E-state index in [2.05, 4.69) is 10.3 Å². The van der Waals surface area contributed by atoms with Gasteiger partial charge in [-0.25, -0.2) is 9.37 Å². The van der Waals surface area contributed by atoms with Gasteiger partial charge in [0.05, 0.1) is 25.5 Å². The van der Waals surface area contributed by atoms with Crippen molar-refractivity contribution in [2.75, 3.05) is 26.1 Å². The molecule has 180 valence electrons. The van der Waals surface area contributed by atoms with E-state index in [-0.39, 0.29) is 28.6 Å². The van der Waals surface area contributed by atoms with Crippen molar-refractivity contribution >= 4 is 21.7 Å². The summed E-state index contributed by atoms with van der Waals surface area (Å²) in [5.74, 6) is -0.323. The zero-order valence-corrected chi connectivity index (χ0v) is 20.1. The van der Waals surface area contributed by atoms with Gasteiger partial charge in [0, 0.05) is 20.0 Å². The van der Waals surface area contributed by atoms with E-state index in [0.29, 0.717) is 37.3 Å². The van der Waals surface area contributed by atoms with Crippen LogP contribution in [0.25, 0.3) is 0 Å². The normalized spacial score (nSPS) is 19.5. The van der Waals surface area contributed by atoms with Crippen LogP contribution in [-0.4, -0.2) is 46.6 Å². The number of aromatic nitrogens is 1. The van der Waals surface area contributed by atoms with Gasteiger partial charge in [0.15, 0.2) is 0 Å². The molecule has 1 aliphatic rings. The smallest absolute Gasteiger partial charge is 0.298 e. The van der Waals surface area contributed by atoms with Gasteiger partial charge >= 0.3 is 0 Å². The van der Waals surface area contributed by atoms with Crippen LogP contribution in [-0.2, 0) is 19.1 Å². The summed E-state index contributed by atoms with van der Waals surface area (Å²) in [4.78, 5) is 18.4. The van der Waals surface area contributed by atoms with Crippen molar-refractivity contribution < 1.29 is 26.5 Å². The Labute approximate surface area is 194 Å². The van der Waals surface area contributed by atoms with Crippen molar-refractivity contribution in [3.63, 3.8) is 0 Å². The molecule has 1 aliphatic carbocycles. The Morgan fingerprint density at radius 2 is 1.82 bits per heavy atom. The monoisotopic (exact) mass is 479 g/mol. The van der Waals surface area contributed by atoms with E-state index in [4.69, 9.17) is 8.92 Å². The maximum absolute atomic E-state index is 13.1. The second-order valence-electron chi connectivity index (χ2n) is 8.40. The second-order valence-corrected chi connectivity index (χ2v) is 9.97. The summed E-state index contributed by atoms with van der Waals surface area (Å²) in [6.07, 6.45) is 2.66. The molecule has 0 radical (unpaired) electrons. The molecular weight excluding hydrogens is 449 g/mol. The Kier molecular flexibility index (Phi) is 7.91. The molecule has 1 aromatic heterocycles. The van der Waals surface area contributed by atoms with Crippen molar-refractivity contribution in [3.8, 4) is 5.88 Å². The van der Waals surface area contributed by atoms with Gasteiger partial charge in [0.1, 0.15) is 16.4 Å². The molecule has 33 heavy (non-hydrogen) atoms. The Bertz CT molecular complexity index is 1070. The molecule has 1 aromatic carbocycles. The van der Waals surface area contributed by atoms with Crippen LogP contribution in [0.2, 0.25) is 0 Å². The van der Waals surface area contributed by atoms with Crippen molar-refractivity contribution in [1.82, 2.24) is 10.3 Å². The topological polar surface area (TPSA) is 97.8 Å². The molecular formula is C23H30FN3O5S. The number of methoxy groups -OCH3 is 1. The number of benzene rings is 1. The molecule has 10 heteroatoms. The first-order valence-corrected chi connectivity index (χ1v) is 12.2. The molecule has 0 unspecified atom stereocenters. The fourth-order valence-electron chi connectivity index (χ4n) is 3.86. The third kappa shape index (κ3) is 6.20. The molecule has 1 amide bonds. The highest BCUT2D eigenvalue weighted by Gasteiger charge is 2.31. The van der Waals surface area contributed by atoms with Gasteiger partial charge in [0.2, 0.25) is 11.8 Å². The quantitative estimate of drug-likeness (QED) is 0.579. The first kappa shape index (κ1) is 24.9. The number of carbonyl (C=O) groups excluding carboxylic acids is 1. The number of hydrogen-bond donors (Lipinski definition) is 1. The highest BCUT2D eigenvalue weighted by atomic mass is 32.2.